The van der Waals surface area contributed by atoms with Crippen molar-refractivity contribution in [2.75, 3.05) is 7.11 Å². The maximum Gasteiger partial charge on any atom is 0.243 e. The lowest BCUT2D eigenvalue weighted by atomic mass is 10.1. The number of rotatable bonds is 3. The predicted octanol–water partition coefficient (Wildman–Crippen LogP) is 4.01. The number of aromatic nitrogens is 1. The van der Waals surface area contributed by atoms with Gasteiger partial charge in [-0.15, -0.1) is 0 Å². The molecule has 5 heteroatoms. The number of allylic oxidation sites excluding steroid dienone is 1. The number of benzene rings is 1. The summed E-state index contributed by atoms with van der Waals surface area (Å²) in [4.78, 5) is 10.7. The Morgan fingerprint density at radius 2 is 2.18 bits per heavy atom. The minimum atomic E-state index is -0.327. The molecule has 0 N–H and O–H groups in total. The van der Waals surface area contributed by atoms with E-state index in [2.05, 4.69) is 10.6 Å². The van der Waals surface area contributed by atoms with Crippen molar-refractivity contribution >= 4 is 17.0 Å². The fraction of sp³-hybridized carbons (Fsp3) is 0.412. The smallest absolute Gasteiger partial charge is 0.243 e. The lowest BCUT2D eigenvalue weighted by Gasteiger charge is -2.06. The van der Waals surface area contributed by atoms with E-state index in [1.807, 2.05) is 12.1 Å². The van der Waals surface area contributed by atoms with E-state index in [4.69, 9.17) is 4.74 Å². The van der Waals surface area contributed by atoms with Crippen molar-refractivity contribution in [3.05, 3.63) is 45.3 Å². The van der Waals surface area contributed by atoms with Gasteiger partial charge >= 0.3 is 0 Å². The van der Waals surface area contributed by atoms with Crippen molar-refractivity contribution in [1.29, 1.82) is 0 Å². The molecule has 0 fully saturated rings. The molecule has 0 amide bonds. The van der Waals surface area contributed by atoms with Crippen molar-refractivity contribution in [3.63, 3.8) is 0 Å². The van der Waals surface area contributed by atoms with Gasteiger partial charge in [0.2, 0.25) is 5.70 Å². The van der Waals surface area contributed by atoms with Gasteiger partial charge in [0.15, 0.2) is 0 Å². The second-order valence-electron chi connectivity index (χ2n) is 5.75. The van der Waals surface area contributed by atoms with Crippen LogP contribution in [-0.2, 0) is 13.0 Å². The van der Waals surface area contributed by atoms with E-state index in [0.717, 1.165) is 48.0 Å². The van der Waals surface area contributed by atoms with Crippen LogP contribution < -0.4 is 4.74 Å². The Labute approximate surface area is 129 Å². The third kappa shape index (κ3) is 2.47. The number of hydrogen-bond donors (Lipinski definition) is 0. The zero-order valence-electron chi connectivity index (χ0n) is 13.0. The molecule has 1 aromatic heterocycles. The Morgan fingerprint density at radius 3 is 2.91 bits per heavy atom. The normalized spacial score (nSPS) is 15.5. The summed E-state index contributed by atoms with van der Waals surface area (Å²) in [5.74, 6) is 0.779. The van der Waals surface area contributed by atoms with Crippen LogP contribution in [0.1, 0.15) is 37.4 Å². The Morgan fingerprint density at radius 1 is 1.36 bits per heavy atom. The van der Waals surface area contributed by atoms with E-state index in [1.165, 1.54) is 12.1 Å². The molecule has 1 aromatic carbocycles. The summed E-state index contributed by atoms with van der Waals surface area (Å²) in [7, 11) is 1.64. The van der Waals surface area contributed by atoms with Crippen LogP contribution in [0, 0.1) is 10.1 Å². The van der Waals surface area contributed by atoms with E-state index >= 15 is 0 Å². The number of ether oxygens (including phenoxy) is 1. The third-order valence-electron chi connectivity index (χ3n) is 4.36. The summed E-state index contributed by atoms with van der Waals surface area (Å²) in [6, 6.07) is 5.99. The Balaban J connectivity index is 2.28. The van der Waals surface area contributed by atoms with Crippen LogP contribution in [0.2, 0.25) is 0 Å². The van der Waals surface area contributed by atoms with E-state index in [9.17, 15) is 10.1 Å². The predicted molar refractivity (Wildman–Crippen MR) is 86.7 cm³/mol. The van der Waals surface area contributed by atoms with Crippen LogP contribution in [0.15, 0.2) is 23.9 Å². The van der Waals surface area contributed by atoms with Gasteiger partial charge in [-0.3, -0.25) is 10.1 Å². The van der Waals surface area contributed by atoms with E-state index < -0.39 is 0 Å². The molecule has 3 rings (SSSR count). The zero-order valence-corrected chi connectivity index (χ0v) is 13.0. The van der Waals surface area contributed by atoms with Crippen molar-refractivity contribution in [1.82, 2.24) is 4.57 Å². The highest BCUT2D eigenvalue weighted by Crippen LogP contribution is 2.34. The molecular formula is C17H20N2O3. The average Bonchev–Trinajstić information content (AvgIpc) is 2.68. The highest BCUT2D eigenvalue weighted by molar-refractivity contribution is 5.92. The van der Waals surface area contributed by atoms with Crippen LogP contribution in [0.25, 0.3) is 17.0 Å². The molecule has 1 aliphatic rings. The first-order valence-corrected chi connectivity index (χ1v) is 7.63. The summed E-state index contributed by atoms with van der Waals surface area (Å²) in [5.41, 5.74) is 3.49. The average molecular weight is 300 g/mol. The Bertz CT molecular complexity index is 759. The molecule has 0 atom stereocenters. The van der Waals surface area contributed by atoms with Gasteiger partial charge in [0, 0.05) is 41.7 Å². The van der Waals surface area contributed by atoms with Gasteiger partial charge in [-0.1, -0.05) is 6.42 Å². The molecule has 0 aliphatic carbocycles. The SMILES string of the molecule is COc1ccc2c(c1)c(/C=C(\C)[N+](=O)[O-])c1n2CCCCC1. The summed E-state index contributed by atoms with van der Waals surface area (Å²) in [6.07, 6.45) is 6.16. The molecule has 0 saturated carbocycles. The molecule has 22 heavy (non-hydrogen) atoms. The van der Waals surface area contributed by atoms with Gasteiger partial charge in [-0.25, -0.2) is 0 Å². The van der Waals surface area contributed by atoms with E-state index in [0.29, 0.717) is 0 Å². The monoisotopic (exact) mass is 300 g/mol. The van der Waals surface area contributed by atoms with Crippen LogP contribution in [0.4, 0.5) is 0 Å². The Kier molecular flexibility index (Phi) is 3.88. The fourth-order valence-electron chi connectivity index (χ4n) is 3.23. The maximum atomic E-state index is 11.0. The summed E-state index contributed by atoms with van der Waals surface area (Å²) < 4.78 is 7.64. The Hall–Kier alpha value is -2.30. The molecule has 0 saturated heterocycles. The second kappa shape index (κ2) is 5.83. The number of methoxy groups -OCH3 is 1. The fourth-order valence-corrected chi connectivity index (χ4v) is 3.23. The first-order valence-electron chi connectivity index (χ1n) is 7.63. The summed E-state index contributed by atoms with van der Waals surface area (Å²) in [6.45, 7) is 2.52. The van der Waals surface area contributed by atoms with Gasteiger partial charge in [0.05, 0.1) is 12.0 Å². The molecule has 0 radical (unpaired) electrons. The largest absolute Gasteiger partial charge is 0.497 e. The number of aryl methyl sites for hydroxylation is 1. The lowest BCUT2D eigenvalue weighted by Crippen LogP contribution is -2.00. The minimum absolute atomic E-state index is 0.169. The second-order valence-corrected chi connectivity index (χ2v) is 5.75. The topological polar surface area (TPSA) is 57.3 Å². The third-order valence-corrected chi connectivity index (χ3v) is 4.36. The number of fused-ring (bicyclic) bond motifs is 3. The number of nitro groups is 1. The molecule has 116 valence electrons. The molecule has 0 bridgehead atoms. The first kappa shape index (κ1) is 14.6. The highest BCUT2D eigenvalue weighted by atomic mass is 16.6. The summed E-state index contributed by atoms with van der Waals surface area (Å²) >= 11 is 0. The van der Waals surface area contributed by atoms with Crippen molar-refractivity contribution in [2.45, 2.75) is 39.2 Å². The van der Waals surface area contributed by atoms with Gasteiger partial charge in [0.1, 0.15) is 5.75 Å². The highest BCUT2D eigenvalue weighted by Gasteiger charge is 2.19. The van der Waals surface area contributed by atoms with Crippen LogP contribution in [0.3, 0.4) is 0 Å². The quantitative estimate of drug-likeness (QED) is 0.635. The van der Waals surface area contributed by atoms with Gasteiger partial charge in [0.25, 0.3) is 0 Å². The van der Waals surface area contributed by atoms with Gasteiger partial charge < -0.3 is 9.30 Å². The maximum absolute atomic E-state index is 11.0. The molecule has 5 nitrogen and oxygen atoms in total. The van der Waals surface area contributed by atoms with E-state index in [1.54, 1.807) is 20.1 Å². The number of nitrogens with zero attached hydrogens (tertiary/aromatic N) is 2. The number of hydrogen-bond acceptors (Lipinski definition) is 3. The summed E-state index contributed by atoms with van der Waals surface area (Å²) in [5, 5.41) is 12.1. The molecule has 0 spiro atoms. The molecular weight excluding hydrogens is 280 g/mol. The van der Waals surface area contributed by atoms with Crippen LogP contribution in [0.5, 0.6) is 5.75 Å². The molecule has 0 unspecified atom stereocenters. The minimum Gasteiger partial charge on any atom is -0.497 e. The van der Waals surface area contributed by atoms with Crippen LogP contribution in [-0.4, -0.2) is 16.6 Å². The van der Waals surface area contributed by atoms with E-state index in [-0.39, 0.29) is 10.6 Å². The van der Waals surface area contributed by atoms with Crippen molar-refractivity contribution in [3.8, 4) is 5.75 Å². The van der Waals surface area contributed by atoms with Crippen LogP contribution >= 0.6 is 0 Å². The zero-order chi connectivity index (χ0) is 15.7. The molecule has 2 aromatic rings. The van der Waals surface area contributed by atoms with Crippen molar-refractivity contribution in [2.24, 2.45) is 0 Å². The standard InChI is InChI=1S/C17H20N2O3/c1-12(19(20)21)10-14-15-11-13(22-2)7-8-17(15)18-9-5-3-4-6-16(14)18/h7-8,10-11H,3-6,9H2,1-2H3/b12-10+. The van der Waals surface area contributed by atoms with Crippen molar-refractivity contribution < 1.29 is 9.66 Å². The molecule has 2 heterocycles. The lowest BCUT2D eigenvalue weighted by molar-refractivity contribution is -0.422. The van der Waals surface area contributed by atoms with Gasteiger partial charge in [-0.05, 0) is 37.5 Å². The van der Waals surface area contributed by atoms with Gasteiger partial charge in [-0.2, -0.15) is 0 Å². The first-order chi connectivity index (χ1) is 10.6. The molecule has 1 aliphatic heterocycles.